The Labute approximate surface area is 147 Å². The maximum absolute atomic E-state index is 12.5. The minimum absolute atomic E-state index is 0. The molecule has 0 spiro atoms. The summed E-state index contributed by atoms with van der Waals surface area (Å²) in [5, 5.41) is 0. The van der Waals surface area contributed by atoms with Gasteiger partial charge in [-0.2, -0.15) is 0 Å². The van der Waals surface area contributed by atoms with Gasteiger partial charge >= 0.3 is 35.2 Å². The van der Waals surface area contributed by atoms with Gasteiger partial charge in [-0.1, -0.05) is 38.9 Å². The summed E-state index contributed by atoms with van der Waals surface area (Å²) in [6.45, 7) is 5.58. The predicted molar refractivity (Wildman–Crippen MR) is 80.1 cm³/mol. The quantitative estimate of drug-likeness (QED) is 0.602. The van der Waals surface area contributed by atoms with Crippen molar-refractivity contribution in [1.82, 2.24) is 19.1 Å². The van der Waals surface area contributed by atoms with Gasteiger partial charge in [0.05, 0.1) is 6.33 Å². The smallest absolute Gasteiger partial charge is 1.00 e. The minimum atomic E-state index is -0.0356. The van der Waals surface area contributed by atoms with Crippen LogP contribution in [0.2, 0.25) is 0 Å². The number of unbranched alkanes of at least 4 members (excludes halogenated alkanes) is 2. The largest absolute Gasteiger partial charge is 1.00 e. The van der Waals surface area contributed by atoms with Gasteiger partial charge in [0.2, 0.25) is 0 Å². The molecule has 0 atom stereocenters. The Balaban J connectivity index is 0.00000200. The van der Waals surface area contributed by atoms with Crippen LogP contribution in [0.15, 0.2) is 11.1 Å². The van der Waals surface area contributed by atoms with Gasteiger partial charge in [0.15, 0.2) is 5.65 Å². The molecule has 0 fully saturated rings. The van der Waals surface area contributed by atoms with Gasteiger partial charge < -0.3 is 6.41 Å². The van der Waals surface area contributed by atoms with E-state index in [1.54, 1.807) is 15.5 Å². The molecule has 0 bridgehead atoms. The molecule has 0 radical (unpaired) electrons. The number of hydrogen-bond donors (Lipinski definition) is 1. The maximum atomic E-state index is 12.5. The number of hydrogen-bond acceptors (Lipinski definition) is 3. The third kappa shape index (κ3) is 3.42. The molecular formula is C13H21N4NaOS. The third-order valence-electron chi connectivity index (χ3n) is 3.27. The van der Waals surface area contributed by atoms with E-state index in [9.17, 15) is 4.79 Å². The van der Waals surface area contributed by atoms with Crippen molar-refractivity contribution in [2.24, 2.45) is 0 Å². The van der Waals surface area contributed by atoms with E-state index in [4.69, 9.17) is 12.2 Å². The molecule has 0 aliphatic rings. The van der Waals surface area contributed by atoms with Crippen LogP contribution >= 0.6 is 12.2 Å². The number of rotatable bonds is 6. The monoisotopic (exact) mass is 304 g/mol. The fourth-order valence-electron chi connectivity index (χ4n) is 2.14. The second-order valence-corrected chi connectivity index (χ2v) is 5.09. The number of nitrogens with one attached hydrogen (secondary N) is 1. The Kier molecular flexibility index (Phi) is 7.15. The van der Waals surface area contributed by atoms with Gasteiger partial charge in [-0.25, -0.2) is 9.78 Å². The van der Waals surface area contributed by atoms with Crippen molar-refractivity contribution in [3.63, 3.8) is 0 Å². The SMILES string of the molecule is CCCCn1c(=S)c2[nH]cnc2n(CCCC)c1=O.[H-].[Na+]. The van der Waals surface area contributed by atoms with E-state index in [2.05, 4.69) is 23.8 Å². The van der Waals surface area contributed by atoms with E-state index in [0.717, 1.165) is 31.2 Å². The van der Waals surface area contributed by atoms with Gasteiger partial charge in [-0.05, 0) is 12.8 Å². The molecule has 0 aliphatic heterocycles. The van der Waals surface area contributed by atoms with Crippen LogP contribution in [0.5, 0.6) is 0 Å². The minimum Gasteiger partial charge on any atom is -1.00 e. The van der Waals surface area contributed by atoms with Crippen molar-refractivity contribution < 1.29 is 31.0 Å². The maximum Gasteiger partial charge on any atom is 1.00 e. The van der Waals surface area contributed by atoms with Gasteiger partial charge in [-0.15, -0.1) is 0 Å². The first-order valence-corrected chi connectivity index (χ1v) is 7.28. The summed E-state index contributed by atoms with van der Waals surface area (Å²) in [5.41, 5.74) is 1.43. The van der Waals surface area contributed by atoms with Crippen LogP contribution in [0.25, 0.3) is 11.2 Å². The molecule has 2 aromatic heterocycles. The number of H-pyrrole nitrogens is 1. The summed E-state index contributed by atoms with van der Waals surface area (Å²) in [6, 6.07) is 0. The zero-order valence-corrected chi connectivity index (χ0v) is 15.3. The average Bonchev–Trinajstić information content (AvgIpc) is 2.88. The predicted octanol–water partition coefficient (Wildman–Crippen LogP) is -0.0277. The summed E-state index contributed by atoms with van der Waals surface area (Å²) in [5.74, 6) is 0. The molecule has 0 aromatic carbocycles. The van der Waals surface area contributed by atoms with Crippen molar-refractivity contribution in [3.8, 4) is 0 Å². The summed E-state index contributed by atoms with van der Waals surface area (Å²) >= 11 is 5.40. The topological polar surface area (TPSA) is 55.6 Å². The van der Waals surface area contributed by atoms with Crippen molar-refractivity contribution in [2.75, 3.05) is 0 Å². The number of nitrogens with zero attached hydrogens (tertiary/aromatic N) is 3. The zero-order valence-electron chi connectivity index (χ0n) is 13.5. The summed E-state index contributed by atoms with van der Waals surface area (Å²) in [7, 11) is 0. The zero-order chi connectivity index (χ0) is 13.8. The molecule has 0 saturated heterocycles. The molecule has 0 amide bonds. The molecule has 0 saturated carbocycles. The third-order valence-corrected chi connectivity index (χ3v) is 3.69. The van der Waals surface area contributed by atoms with Crippen molar-refractivity contribution >= 4 is 23.4 Å². The number of aryl methyl sites for hydroxylation is 1. The van der Waals surface area contributed by atoms with Crippen LogP contribution < -0.4 is 35.2 Å². The first-order valence-electron chi connectivity index (χ1n) is 6.87. The molecule has 20 heavy (non-hydrogen) atoms. The van der Waals surface area contributed by atoms with E-state index in [-0.39, 0.29) is 36.7 Å². The second kappa shape index (κ2) is 8.12. The molecule has 0 aliphatic carbocycles. The molecule has 1 N–H and O–H groups in total. The van der Waals surface area contributed by atoms with Crippen LogP contribution in [0.4, 0.5) is 0 Å². The van der Waals surface area contributed by atoms with Crippen LogP contribution in [-0.2, 0) is 13.1 Å². The van der Waals surface area contributed by atoms with E-state index < -0.39 is 0 Å². The summed E-state index contributed by atoms with van der Waals surface area (Å²) in [6.07, 6.45) is 5.61. The summed E-state index contributed by atoms with van der Waals surface area (Å²) < 4.78 is 3.99. The Morgan fingerprint density at radius 3 is 2.45 bits per heavy atom. The average molecular weight is 304 g/mol. The Bertz CT molecular complexity index is 679. The van der Waals surface area contributed by atoms with Crippen molar-refractivity contribution in [1.29, 1.82) is 0 Å². The van der Waals surface area contributed by atoms with Crippen LogP contribution in [0.1, 0.15) is 41.0 Å². The van der Waals surface area contributed by atoms with Crippen molar-refractivity contribution in [3.05, 3.63) is 21.5 Å². The normalized spacial score (nSPS) is 10.7. The first kappa shape index (κ1) is 17.6. The van der Waals surface area contributed by atoms with Gasteiger partial charge in [0.25, 0.3) is 0 Å². The van der Waals surface area contributed by atoms with Crippen LogP contribution in [-0.4, -0.2) is 19.1 Å². The summed E-state index contributed by atoms with van der Waals surface area (Å²) in [4.78, 5) is 19.8. The molecule has 106 valence electrons. The van der Waals surface area contributed by atoms with E-state index in [0.29, 0.717) is 23.4 Å². The molecule has 7 heteroatoms. The van der Waals surface area contributed by atoms with E-state index >= 15 is 0 Å². The second-order valence-electron chi connectivity index (χ2n) is 4.70. The van der Waals surface area contributed by atoms with Crippen LogP contribution in [0, 0.1) is 4.64 Å². The number of fused-ring (bicyclic) bond motifs is 1. The Morgan fingerprint density at radius 1 is 1.25 bits per heavy atom. The molecule has 2 rings (SSSR count). The van der Waals surface area contributed by atoms with Crippen LogP contribution in [0.3, 0.4) is 0 Å². The first-order chi connectivity index (χ1) is 9.20. The molecule has 5 nitrogen and oxygen atoms in total. The number of imidazole rings is 1. The Hall–Kier alpha value is -0.430. The molecular weight excluding hydrogens is 283 g/mol. The molecule has 0 unspecified atom stereocenters. The van der Waals surface area contributed by atoms with Crippen molar-refractivity contribution in [2.45, 2.75) is 52.6 Å². The standard InChI is InChI=1S/C13H20N4OS.Na.H/c1-3-5-7-16-11-10(14-9-15-11)12(19)17(13(16)18)8-6-4-2;;/h9H,3-8H2,1-2H3,(H,14,15);;/q;+1;-1. The molecule has 2 aromatic rings. The molecule has 2 heterocycles. The van der Waals surface area contributed by atoms with Gasteiger partial charge in [-0.3, -0.25) is 9.13 Å². The fraction of sp³-hybridized carbons (Fsp3) is 0.615. The van der Waals surface area contributed by atoms with E-state index in [1.165, 1.54) is 0 Å². The number of aromatic nitrogens is 4. The fourth-order valence-corrected chi connectivity index (χ4v) is 2.46. The van der Waals surface area contributed by atoms with E-state index in [1.807, 2.05) is 0 Å². The number of aromatic amines is 1. The van der Waals surface area contributed by atoms with Gasteiger partial charge in [0, 0.05) is 13.1 Å². The van der Waals surface area contributed by atoms with Gasteiger partial charge in [0.1, 0.15) is 10.2 Å². The Morgan fingerprint density at radius 2 is 1.85 bits per heavy atom.